The van der Waals surface area contributed by atoms with Crippen molar-refractivity contribution in [2.24, 2.45) is 0 Å². The fourth-order valence-corrected chi connectivity index (χ4v) is 2.92. The maximum atomic E-state index is 12.8. The van der Waals surface area contributed by atoms with Gasteiger partial charge in [0.15, 0.2) is 5.78 Å². The Balaban J connectivity index is 2.39. The average molecular weight is 283 g/mol. The van der Waals surface area contributed by atoms with E-state index in [0.717, 1.165) is 32.1 Å². The van der Waals surface area contributed by atoms with Gasteiger partial charge in [0.05, 0.1) is 12.7 Å². The second kappa shape index (κ2) is 5.93. The minimum atomic E-state index is -0.712. The van der Waals surface area contributed by atoms with Crippen molar-refractivity contribution in [3.8, 4) is 5.75 Å². The van der Waals surface area contributed by atoms with Crippen LogP contribution in [0.15, 0.2) is 18.2 Å². The lowest BCUT2D eigenvalue weighted by Crippen LogP contribution is -2.42. The Hall–Kier alpha value is -1.06. The standard InChI is InChI=1S/C15H19ClO3/c1-18-13-7-6-11(16)10-12(13)14(17)15(19-2)8-4-3-5-9-15/h6-7,10H,3-5,8-9H2,1-2H3. The largest absolute Gasteiger partial charge is 0.496 e. The topological polar surface area (TPSA) is 35.5 Å². The van der Waals surface area contributed by atoms with Crippen molar-refractivity contribution in [2.75, 3.05) is 14.2 Å². The Kier molecular flexibility index (Phi) is 4.48. The Morgan fingerprint density at radius 3 is 2.47 bits per heavy atom. The van der Waals surface area contributed by atoms with Crippen molar-refractivity contribution in [3.63, 3.8) is 0 Å². The van der Waals surface area contributed by atoms with Crippen LogP contribution in [-0.2, 0) is 4.74 Å². The van der Waals surface area contributed by atoms with E-state index in [2.05, 4.69) is 0 Å². The van der Waals surface area contributed by atoms with Gasteiger partial charge in [-0.05, 0) is 31.0 Å². The normalized spacial score (nSPS) is 18.1. The van der Waals surface area contributed by atoms with Crippen molar-refractivity contribution < 1.29 is 14.3 Å². The molecule has 0 heterocycles. The quantitative estimate of drug-likeness (QED) is 0.786. The van der Waals surface area contributed by atoms with Gasteiger partial charge < -0.3 is 9.47 Å². The number of methoxy groups -OCH3 is 2. The second-order valence-electron chi connectivity index (χ2n) is 4.93. The minimum Gasteiger partial charge on any atom is -0.496 e. The molecule has 0 spiro atoms. The van der Waals surface area contributed by atoms with Crippen LogP contribution in [0.2, 0.25) is 5.02 Å². The number of benzene rings is 1. The van der Waals surface area contributed by atoms with Gasteiger partial charge in [-0.1, -0.05) is 30.9 Å². The van der Waals surface area contributed by atoms with Gasteiger partial charge in [-0.15, -0.1) is 0 Å². The van der Waals surface area contributed by atoms with Gasteiger partial charge in [0.1, 0.15) is 11.4 Å². The van der Waals surface area contributed by atoms with Crippen molar-refractivity contribution in [1.82, 2.24) is 0 Å². The zero-order chi connectivity index (χ0) is 13.9. The summed E-state index contributed by atoms with van der Waals surface area (Å²) < 4.78 is 10.9. The Bertz CT molecular complexity index is 464. The molecular weight excluding hydrogens is 264 g/mol. The van der Waals surface area contributed by atoms with Crippen LogP contribution in [-0.4, -0.2) is 25.6 Å². The van der Waals surface area contributed by atoms with Gasteiger partial charge in [0.2, 0.25) is 0 Å². The molecule has 1 saturated carbocycles. The summed E-state index contributed by atoms with van der Waals surface area (Å²) >= 11 is 6.00. The smallest absolute Gasteiger partial charge is 0.198 e. The number of ether oxygens (including phenoxy) is 2. The summed E-state index contributed by atoms with van der Waals surface area (Å²) in [6.45, 7) is 0. The predicted octanol–water partition coefficient (Wildman–Crippen LogP) is 3.88. The predicted molar refractivity (Wildman–Crippen MR) is 75.2 cm³/mol. The molecule has 1 aliphatic carbocycles. The van der Waals surface area contributed by atoms with Gasteiger partial charge >= 0.3 is 0 Å². The maximum Gasteiger partial charge on any atom is 0.198 e. The van der Waals surface area contributed by atoms with Crippen LogP contribution in [0.4, 0.5) is 0 Å². The molecule has 104 valence electrons. The van der Waals surface area contributed by atoms with Crippen LogP contribution < -0.4 is 4.74 Å². The molecule has 3 nitrogen and oxygen atoms in total. The highest BCUT2D eigenvalue weighted by Gasteiger charge is 2.41. The van der Waals surface area contributed by atoms with Crippen molar-refractivity contribution in [1.29, 1.82) is 0 Å². The van der Waals surface area contributed by atoms with Crippen molar-refractivity contribution in [2.45, 2.75) is 37.7 Å². The lowest BCUT2D eigenvalue weighted by Gasteiger charge is -2.34. The number of halogens is 1. The summed E-state index contributed by atoms with van der Waals surface area (Å²) in [5.41, 5.74) is -0.199. The molecule has 2 rings (SSSR count). The zero-order valence-electron chi connectivity index (χ0n) is 11.4. The first kappa shape index (κ1) is 14.4. The first-order chi connectivity index (χ1) is 9.13. The molecule has 1 fully saturated rings. The van der Waals surface area contributed by atoms with Crippen LogP contribution in [0.5, 0.6) is 5.75 Å². The van der Waals surface area contributed by atoms with Gasteiger partial charge in [0.25, 0.3) is 0 Å². The Morgan fingerprint density at radius 2 is 1.89 bits per heavy atom. The summed E-state index contributed by atoms with van der Waals surface area (Å²) in [5.74, 6) is 0.533. The van der Waals surface area contributed by atoms with E-state index in [-0.39, 0.29) is 5.78 Å². The molecule has 4 heteroatoms. The van der Waals surface area contributed by atoms with Crippen LogP contribution in [0.25, 0.3) is 0 Å². The molecule has 0 amide bonds. The number of ketones is 1. The monoisotopic (exact) mass is 282 g/mol. The summed E-state index contributed by atoms with van der Waals surface area (Å²) in [6.07, 6.45) is 4.71. The molecule has 0 N–H and O–H groups in total. The van der Waals surface area contributed by atoms with Gasteiger partial charge in [-0.2, -0.15) is 0 Å². The van der Waals surface area contributed by atoms with E-state index >= 15 is 0 Å². The molecule has 1 aliphatic rings. The van der Waals surface area contributed by atoms with Crippen LogP contribution in [0, 0.1) is 0 Å². The van der Waals surface area contributed by atoms with E-state index in [0.29, 0.717) is 16.3 Å². The highest BCUT2D eigenvalue weighted by Crippen LogP contribution is 2.36. The fraction of sp³-hybridized carbons (Fsp3) is 0.533. The lowest BCUT2D eigenvalue weighted by molar-refractivity contribution is -0.0195. The third kappa shape index (κ3) is 2.77. The maximum absolute atomic E-state index is 12.8. The summed E-state index contributed by atoms with van der Waals surface area (Å²) in [4.78, 5) is 12.8. The van der Waals surface area contributed by atoms with E-state index in [1.165, 1.54) is 0 Å². The van der Waals surface area contributed by atoms with E-state index in [1.54, 1.807) is 32.4 Å². The zero-order valence-corrected chi connectivity index (χ0v) is 12.1. The lowest BCUT2D eigenvalue weighted by atomic mass is 9.79. The molecule has 0 radical (unpaired) electrons. The van der Waals surface area contributed by atoms with Crippen LogP contribution in [0.3, 0.4) is 0 Å². The van der Waals surface area contributed by atoms with Crippen molar-refractivity contribution >= 4 is 17.4 Å². The van der Waals surface area contributed by atoms with E-state index in [1.807, 2.05) is 0 Å². The average Bonchev–Trinajstić information content (AvgIpc) is 2.47. The van der Waals surface area contributed by atoms with Gasteiger partial charge in [0, 0.05) is 12.1 Å². The highest BCUT2D eigenvalue weighted by molar-refractivity contribution is 6.31. The summed E-state index contributed by atoms with van der Waals surface area (Å²) in [5, 5.41) is 0.534. The SMILES string of the molecule is COc1ccc(Cl)cc1C(=O)C1(OC)CCCCC1. The third-order valence-electron chi connectivity index (χ3n) is 3.87. The Morgan fingerprint density at radius 1 is 1.21 bits per heavy atom. The number of carbonyl (C=O) groups excluding carboxylic acids is 1. The number of hydrogen-bond donors (Lipinski definition) is 0. The van der Waals surface area contributed by atoms with Gasteiger partial charge in [-0.25, -0.2) is 0 Å². The van der Waals surface area contributed by atoms with Gasteiger partial charge in [-0.3, -0.25) is 4.79 Å². The van der Waals surface area contributed by atoms with Crippen molar-refractivity contribution in [3.05, 3.63) is 28.8 Å². The van der Waals surface area contributed by atoms with E-state index in [9.17, 15) is 4.79 Å². The molecular formula is C15H19ClO3. The van der Waals surface area contributed by atoms with E-state index < -0.39 is 5.60 Å². The summed E-state index contributed by atoms with van der Waals surface area (Å²) in [6, 6.07) is 5.11. The second-order valence-corrected chi connectivity index (χ2v) is 5.37. The molecule has 0 saturated heterocycles. The number of Topliss-reactive ketones (excluding diaryl/α,β-unsaturated/α-hetero) is 1. The third-order valence-corrected chi connectivity index (χ3v) is 4.11. The first-order valence-corrected chi connectivity index (χ1v) is 6.94. The first-order valence-electron chi connectivity index (χ1n) is 6.56. The molecule has 0 bridgehead atoms. The number of carbonyl (C=O) groups is 1. The molecule has 1 aromatic rings. The molecule has 0 aliphatic heterocycles. The number of hydrogen-bond acceptors (Lipinski definition) is 3. The molecule has 19 heavy (non-hydrogen) atoms. The minimum absolute atomic E-state index is 0.0194. The highest BCUT2D eigenvalue weighted by atomic mass is 35.5. The molecule has 0 unspecified atom stereocenters. The van der Waals surface area contributed by atoms with Crippen LogP contribution in [0.1, 0.15) is 42.5 Å². The van der Waals surface area contributed by atoms with E-state index in [4.69, 9.17) is 21.1 Å². The summed E-state index contributed by atoms with van der Waals surface area (Å²) in [7, 11) is 3.17. The molecule has 0 aromatic heterocycles. The molecule has 0 atom stereocenters. The van der Waals surface area contributed by atoms with Crippen LogP contribution >= 0.6 is 11.6 Å². The Labute approximate surface area is 118 Å². The fourth-order valence-electron chi connectivity index (χ4n) is 2.75. The number of rotatable bonds is 4. The molecule has 1 aromatic carbocycles.